The van der Waals surface area contributed by atoms with Crippen LogP contribution in [-0.2, 0) is 16.0 Å². The topological polar surface area (TPSA) is 39.2 Å². The van der Waals surface area contributed by atoms with Gasteiger partial charge in [0.25, 0.3) is 6.43 Å². The molecule has 0 aromatic carbocycles. The largest absolute Gasteiger partial charge is 0.469 e. The Kier molecular flexibility index (Phi) is 4.61. The molecule has 1 heterocycles. The summed E-state index contributed by atoms with van der Waals surface area (Å²) in [5.41, 5.74) is -0.233. The van der Waals surface area contributed by atoms with Crippen molar-refractivity contribution in [1.82, 2.24) is 4.98 Å². The molecule has 0 unspecified atom stereocenters. The molecule has 7 heteroatoms. The Hall–Kier alpha value is -0.750. The number of hydrogen-bond donors (Lipinski definition) is 0. The Morgan fingerprint density at radius 1 is 1.69 bits per heavy atom. The van der Waals surface area contributed by atoms with Gasteiger partial charge in [0.15, 0.2) is 0 Å². The number of ether oxygens (including phenoxy) is 1. The minimum absolute atomic E-state index is 0.00516. The number of hydrogen-bond acceptors (Lipinski definition) is 3. The highest BCUT2D eigenvalue weighted by Gasteiger charge is 2.21. The fourth-order valence-corrected chi connectivity index (χ4v) is 1.80. The molecule has 0 saturated heterocycles. The Labute approximate surface area is 104 Å². The lowest BCUT2D eigenvalue weighted by molar-refractivity contribution is -0.139. The molecule has 16 heavy (non-hydrogen) atoms. The van der Waals surface area contributed by atoms with E-state index in [1.165, 1.54) is 7.11 Å². The fourth-order valence-electron chi connectivity index (χ4n) is 1.12. The van der Waals surface area contributed by atoms with E-state index in [9.17, 15) is 13.6 Å². The lowest BCUT2D eigenvalue weighted by atomic mass is 10.1. The Morgan fingerprint density at radius 3 is 2.81 bits per heavy atom. The number of aromatic nitrogens is 1. The van der Waals surface area contributed by atoms with Crippen molar-refractivity contribution in [2.24, 2.45) is 0 Å². The number of rotatable bonds is 3. The van der Waals surface area contributed by atoms with Gasteiger partial charge in [-0.1, -0.05) is 11.6 Å². The normalized spacial score (nSPS) is 10.6. The molecule has 0 aliphatic carbocycles. The van der Waals surface area contributed by atoms with Gasteiger partial charge in [0.1, 0.15) is 5.15 Å². The fraction of sp³-hybridized carbons (Fsp3) is 0.333. The number of carbonyl (C=O) groups excluding carboxylic acids is 1. The summed E-state index contributed by atoms with van der Waals surface area (Å²) in [5, 5.41) is -0.0658. The molecule has 0 atom stereocenters. The van der Waals surface area contributed by atoms with Crippen molar-refractivity contribution in [1.29, 1.82) is 0 Å². The van der Waals surface area contributed by atoms with Crippen molar-refractivity contribution < 1.29 is 18.3 Å². The molecule has 0 amide bonds. The first-order valence-corrected chi connectivity index (χ1v) is 5.32. The van der Waals surface area contributed by atoms with Gasteiger partial charge in [0.05, 0.1) is 18.0 Å². The van der Waals surface area contributed by atoms with Crippen molar-refractivity contribution in [3.8, 4) is 0 Å². The summed E-state index contributed by atoms with van der Waals surface area (Å²) in [7, 11) is 1.18. The van der Waals surface area contributed by atoms with Crippen LogP contribution in [-0.4, -0.2) is 18.1 Å². The van der Waals surface area contributed by atoms with Crippen LogP contribution in [0.5, 0.6) is 0 Å². The molecule has 88 valence electrons. The van der Waals surface area contributed by atoms with Crippen LogP contribution in [0.15, 0.2) is 10.7 Å². The molecular weight excluding hydrogens is 307 g/mol. The van der Waals surface area contributed by atoms with Crippen LogP contribution in [0.3, 0.4) is 0 Å². The summed E-state index contributed by atoms with van der Waals surface area (Å²) in [4.78, 5) is 14.7. The molecule has 0 fully saturated rings. The van der Waals surface area contributed by atoms with Crippen LogP contribution in [0.2, 0.25) is 5.15 Å². The zero-order valence-electron chi connectivity index (χ0n) is 8.14. The van der Waals surface area contributed by atoms with E-state index in [1.807, 2.05) is 0 Å². The molecule has 1 aromatic rings. The van der Waals surface area contributed by atoms with Crippen LogP contribution in [0, 0.1) is 0 Å². The van der Waals surface area contributed by atoms with Gasteiger partial charge in [-0.25, -0.2) is 13.8 Å². The Bertz CT molecular complexity index is 415. The molecule has 0 aliphatic heterocycles. The SMILES string of the molecule is COC(=O)Cc1cnc(Cl)c(Br)c1C(F)F. The highest BCUT2D eigenvalue weighted by molar-refractivity contribution is 9.10. The standard InChI is InChI=1S/C9H7BrClF2NO2/c1-16-5(15)2-4-3-14-8(11)7(10)6(4)9(12)13/h3,9H,2H2,1H3. The molecule has 0 bridgehead atoms. The van der Waals surface area contributed by atoms with E-state index in [0.29, 0.717) is 0 Å². The van der Waals surface area contributed by atoms with Crippen LogP contribution in [0.25, 0.3) is 0 Å². The number of methoxy groups -OCH3 is 1. The van der Waals surface area contributed by atoms with Gasteiger partial charge < -0.3 is 4.74 Å². The van der Waals surface area contributed by atoms with Gasteiger partial charge in [-0.05, 0) is 21.5 Å². The first-order chi connectivity index (χ1) is 7.47. The van der Waals surface area contributed by atoms with Crippen LogP contribution >= 0.6 is 27.5 Å². The van der Waals surface area contributed by atoms with Crippen LogP contribution in [0.1, 0.15) is 17.6 Å². The van der Waals surface area contributed by atoms with Gasteiger partial charge >= 0.3 is 5.97 Å². The third kappa shape index (κ3) is 2.89. The second-order valence-electron chi connectivity index (χ2n) is 2.86. The van der Waals surface area contributed by atoms with Gasteiger partial charge in [0, 0.05) is 11.8 Å². The van der Waals surface area contributed by atoms with Crippen LogP contribution < -0.4 is 0 Å². The molecule has 3 nitrogen and oxygen atoms in total. The summed E-state index contributed by atoms with van der Waals surface area (Å²) in [5.74, 6) is -0.613. The molecule has 1 rings (SSSR count). The van der Waals surface area contributed by atoms with Crippen molar-refractivity contribution in [2.45, 2.75) is 12.8 Å². The summed E-state index contributed by atoms with van der Waals surface area (Å²) < 4.78 is 29.9. The highest BCUT2D eigenvalue weighted by Crippen LogP contribution is 2.34. The highest BCUT2D eigenvalue weighted by atomic mass is 79.9. The third-order valence-corrected chi connectivity index (χ3v) is 3.20. The third-order valence-electron chi connectivity index (χ3n) is 1.88. The van der Waals surface area contributed by atoms with Crippen molar-refractivity contribution >= 4 is 33.5 Å². The molecular formula is C9H7BrClF2NO2. The van der Waals surface area contributed by atoms with E-state index in [-0.39, 0.29) is 27.2 Å². The molecule has 0 saturated carbocycles. The van der Waals surface area contributed by atoms with Crippen LogP contribution in [0.4, 0.5) is 8.78 Å². The summed E-state index contributed by atoms with van der Waals surface area (Å²) >= 11 is 8.51. The maximum atomic E-state index is 12.8. The van der Waals surface area contributed by atoms with E-state index in [0.717, 1.165) is 6.20 Å². The van der Waals surface area contributed by atoms with E-state index < -0.39 is 12.4 Å². The summed E-state index contributed by atoms with van der Waals surface area (Å²) in [6, 6.07) is 0. The predicted molar refractivity (Wildman–Crippen MR) is 57.6 cm³/mol. The lowest BCUT2D eigenvalue weighted by Gasteiger charge is -2.10. The van der Waals surface area contributed by atoms with E-state index in [4.69, 9.17) is 11.6 Å². The second kappa shape index (κ2) is 5.54. The number of alkyl halides is 2. The Balaban J connectivity index is 3.18. The van der Waals surface area contributed by atoms with Gasteiger partial charge in [-0.2, -0.15) is 0 Å². The number of esters is 1. The van der Waals surface area contributed by atoms with Gasteiger partial charge in [-0.15, -0.1) is 0 Å². The molecule has 0 N–H and O–H groups in total. The Morgan fingerprint density at radius 2 is 2.31 bits per heavy atom. The second-order valence-corrected chi connectivity index (χ2v) is 4.01. The van der Waals surface area contributed by atoms with Gasteiger partial charge in [-0.3, -0.25) is 4.79 Å². The van der Waals surface area contributed by atoms with E-state index in [1.54, 1.807) is 0 Å². The minimum Gasteiger partial charge on any atom is -0.469 e. The van der Waals surface area contributed by atoms with Crippen molar-refractivity contribution in [2.75, 3.05) is 7.11 Å². The number of carbonyl (C=O) groups is 1. The minimum atomic E-state index is -2.74. The number of halogens is 4. The average Bonchev–Trinajstić information content (AvgIpc) is 2.23. The summed E-state index contributed by atoms with van der Waals surface area (Å²) in [6.45, 7) is 0. The van der Waals surface area contributed by atoms with E-state index in [2.05, 4.69) is 25.7 Å². The van der Waals surface area contributed by atoms with E-state index >= 15 is 0 Å². The predicted octanol–water partition coefficient (Wildman–Crippen LogP) is 3.15. The number of nitrogens with zero attached hydrogens (tertiary/aromatic N) is 1. The van der Waals surface area contributed by atoms with Crippen molar-refractivity contribution in [3.05, 3.63) is 26.9 Å². The maximum Gasteiger partial charge on any atom is 0.310 e. The first kappa shape index (κ1) is 13.3. The molecule has 1 aromatic heterocycles. The zero-order valence-corrected chi connectivity index (χ0v) is 10.5. The molecule has 0 aliphatic rings. The molecule has 0 spiro atoms. The monoisotopic (exact) mass is 313 g/mol. The first-order valence-electron chi connectivity index (χ1n) is 4.15. The smallest absolute Gasteiger partial charge is 0.310 e. The zero-order chi connectivity index (χ0) is 12.3. The van der Waals surface area contributed by atoms with Crippen molar-refractivity contribution in [3.63, 3.8) is 0 Å². The number of pyridine rings is 1. The molecule has 0 radical (unpaired) electrons. The average molecular weight is 315 g/mol. The maximum absolute atomic E-state index is 12.8. The quantitative estimate of drug-likeness (QED) is 0.635. The lowest BCUT2D eigenvalue weighted by Crippen LogP contribution is -2.08. The van der Waals surface area contributed by atoms with Gasteiger partial charge in [0.2, 0.25) is 0 Å². The summed E-state index contributed by atoms with van der Waals surface area (Å²) in [6.07, 6.45) is -1.86.